The first-order chi connectivity index (χ1) is 9.10. The van der Waals surface area contributed by atoms with Gasteiger partial charge in [-0.2, -0.15) is 0 Å². The number of methoxy groups -OCH3 is 1. The first-order valence-electron chi connectivity index (χ1n) is 5.41. The standard InChI is InChI=1S/C14H10Br2O3/c1-18-10-3-5-11(6-4-10)19-14(17)12-8-9(15)2-7-13(12)16/h2-8H,1H3. The van der Waals surface area contributed by atoms with E-state index < -0.39 is 5.97 Å². The second kappa shape index (κ2) is 6.21. The topological polar surface area (TPSA) is 35.5 Å². The van der Waals surface area contributed by atoms with Crippen LogP contribution in [0.2, 0.25) is 0 Å². The van der Waals surface area contributed by atoms with Gasteiger partial charge in [-0.1, -0.05) is 15.9 Å². The fourth-order valence-corrected chi connectivity index (χ4v) is 2.23. The maximum Gasteiger partial charge on any atom is 0.344 e. The highest BCUT2D eigenvalue weighted by atomic mass is 79.9. The van der Waals surface area contributed by atoms with Crippen molar-refractivity contribution in [1.29, 1.82) is 0 Å². The van der Waals surface area contributed by atoms with Crippen LogP contribution in [0.25, 0.3) is 0 Å². The van der Waals surface area contributed by atoms with Crippen molar-refractivity contribution in [2.45, 2.75) is 0 Å². The van der Waals surface area contributed by atoms with Gasteiger partial charge in [0.2, 0.25) is 0 Å². The molecule has 0 saturated carbocycles. The van der Waals surface area contributed by atoms with Crippen LogP contribution in [0.5, 0.6) is 11.5 Å². The normalized spacial score (nSPS) is 10.1. The van der Waals surface area contributed by atoms with Gasteiger partial charge in [-0.25, -0.2) is 4.79 Å². The van der Waals surface area contributed by atoms with Gasteiger partial charge in [-0.3, -0.25) is 0 Å². The van der Waals surface area contributed by atoms with Gasteiger partial charge in [0.05, 0.1) is 12.7 Å². The van der Waals surface area contributed by atoms with Crippen LogP contribution in [-0.2, 0) is 0 Å². The number of benzene rings is 2. The molecule has 5 heteroatoms. The van der Waals surface area contributed by atoms with Crippen molar-refractivity contribution in [2.75, 3.05) is 7.11 Å². The lowest BCUT2D eigenvalue weighted by molar-refractivity contribution is 0.0733. The molecule has 0 heterocycles. The summed E-state index contributed by atoms with van der Waals surface area (Å²) in [5, 5.41) is 0. The van der Waals surface area contributed by atoms with Crippen LogP contribution >= 0.6 is 31.9 Å². The molecule has 2 aromatic carbocycles. The van der Waals surface area contributed by atoms with E-state index in [2.05, 4.69) is 31.9 Å². The maximum atomic E-state index is 12.0. The highest BCUT2D eigenvalue weighted by molar-refractivity contribution is 9.11. The van der Waals surface area contributed by atoms with Crippen LogP contribution in [0, 0.1) is 0 Å². The number of carbonyl (C=O) groups excluding carboxylic acids is 1. The van der Waals surface area contributed by atoms with E-state index in [1.165, 1.54) is 0 Å². The number of rotatable bonds is 3. The number of halogens is 2. The van der Waals surface area contributed by atoms with E-state index in [1.807, 2.05) is 6.07 Å². The zero-order valence-corrected chi connectivity index (χ0v) is 13.2. The van der Waals surface area contributed by atoms with E-state index in [0.717, 1.165) is 4.47 Å². The Bertz CT molecular complexity index is 594. The highest BCUT2D eigenvalue weighted by Crippen LogP contribution is 2.24. The van der Waals surface area contributed by atoms with Crippen LogP contribution in [0.3, 0.4) is 0 Å². The zero-order valence-electron chi connectivity index (χ0n) is 10.0. The first kappa shape index (κ1) is 14.1. The third-order valence-electron chi connectivity index (χ3n) is 2.42. The van der Waals surface area contributed by atoms with Crippen molar-refractivity contribution >= 4 is 37.8 Å². The molecule has 0 amide bonds. The van der Waals surface area contributed by atoms with Gasteiger partial charge >= 0.3 is 5.97 Å². The number of hydrogen-bond donors (Lipinski definition) is 0. The van der Waals surface area contributed by atoms with Crippen molar-refractivity contribution in [3.05, 3.63) is 57.0 Å². The van der Waals surface area contributed by atoms with Crippen LogP contribution < -0.4 is 9.47 Å². The van der Waals surface area contributed by atoms with E-state index in [0.29, 0.717) is 21.5 Å². The SMILES string of the molecule is COc1ccc(OC(=O)c2cc(Br)ccc2Br)cc1. The third-order valence-corrected chi connectivity index (χ3v) is 3.60. The molecule has 0 atom stereocenters. The molecule has 0 spiro atoms. The van der Waals surface area contributed by atoms with E-state index in [1.54, 1.807) is 43.5 Å². The summed E-state index contributed by atoms with van der Waals surface area (Å²) in [5.41, 5.74) is 0.463. The Morgan fingerprint density at radius 2 is 1.63 bits per heavy atom. The monoisotopic (exact) mass is 384 g/mol. The van der Waals surface area contributed by atoms with E-state index in [4.69, 9.17) is 9.47 Å². The van der Waals surface area contributed by atoms with Gasteiger partial charge in [0.25, 0.3) is 0 Å². The first-order valence-corrected chi connectivity index (χ1v) is 7.00. The summed E-state index contributed by atoms with van der Waals surface area (Å²) in [4.78, 5) is 12.0. The molecule has 3 nitrogen and oxygen atoms in total. The maximum absolute atomic E-state index is 12.0. The van der Waals surface area contributed by atoms with E-state index in [9.17, 15) is 4.79 Å². The average molecular weight is 386 g/mol. The van der Waals surface area contributed by atoms with E-state index >= 15 is 0 Å². The molecule has 0 bridgehead atoms. The van der Waals surface area contributed by atoms with Crippen molar-refractivity contribution in [3.63, 3.8) is 0 Å². The Hall–Kier alpha value is -1.33. The molecule has 0 aliphatic rings. The van der Waals surface area contributed by atoms with Crippen molar-refractivity contribution in [1.82, 2.24) is 0 Å². The minimum atomic E-state index is -0.418. The molecule has 2 rings (SSSR count). The van der Waals surface area contributed by atoms with Gasteiger partial charge < -0.3 is 9.47 Å². The average Bonchev–Trinajstić information content (AvgIpc) is 2.42. The fraction of sp³-hybridized carbons (Fsp3) is 0.0714. The quantitative estimate of drug-likeness (QED) is 0.578. The molecule has 0 radical (unpaired) electrons. The molecule has 0 unspecified atom stereocenters. The molecule has 0 aromatic heterocycles. The molecular weight excluding hydrogens is 376 g/mol. The van der Waals surface area contributed by atoms with Crippen molar-refractivity contribution in [2.24, 2.45) is 0 Å². The lowest BCUT2D eigenvalue weighted by Crippen LogP contribution is -2.09. The zero-order chi connectivity index (χ0) is 13.8. The van der Waals surface area contributed by atoms with E-state index in [-0.39, 0.29) is 0 Å². The summed E-state index contributed by atoms with van der Waals surface area (Å²) in [5.74, 6) is 0.763. The molecule has 19 heavy (non-hydrogen) atoms. The summed E-state index contributed by atoms with van der Waals surface area (Å²) in [7, 11) is 1.58. The minimum absolute atomic E-state index is 0.418. The van der Waals surface area contributed by atoms with Crippen molar-refractivity contribution < 1.29 is 14.3 Å². The number of ether oxygens (including phenoxy) is 2. The van der Waals surface area contributed by atoms with Crippen LogP contribution in [-0.4, -0.2) is 13.1 Å². The predicted molar refractivity (Wildman–Crippen MR) is 79.8 cm³/mol. The summed E-state index contributed by atoms with van der Waals surface area (Å²) in [6.07, 6.45) is 0. The number of esters is 1. The Morgan fingerprint density at radius 3 is 2.26 bits per heavy atom. The molecule has 2 aromatic rings. The second-order valence-electron chi connectivity index (χ2n) is 3.69. The smallest absolute Gasteiger partial charge is 0.344 e. The Kier molecular flexibility index (Phi) is 4.61. The number of carbonyl (C=O) groups is 1. The summed E-state index contributed by atoms with van der Waals surface area (Å²) < 4.78 is 11.8. The summed E-state index contributed by atoms with van der Waals surface area (Å²) in [6, 6.07) is 12.2. The minimum Gasteiger partial charge on any atom is -0.497 e. The van der Waals surface area contributed by atoms with Crippen LogP contribution in [0.1, 0.15) is 10.4 Å². The second-order valence-corrected chi connectivity index (χ2v) is 5.46. The molecule has 0 aliphatic carbocycles. The molecule has 98 valence electrons. The van der Waals surface area contributed by atoms with Crippen LogP contribution in [0.15, 0.2) is 51.4 Å². The molecule has 0 saturated heterocycles. The van der Waals surface area contributed by atoms with Gasteiger partial charge in [0.1, 0.15) is 11.5 Å². The lowest BCUT2D eigenvalue weighted by atomic mass is 10.2. The van der Waals surface area contributed by atoms with Crippen LogP contribution in [0.4, 0.5) is 0 Å². The Labute approximate surface area is 127 Å². The lowest BCUT2D eigenvalue weighted by Gasteiger charge is -2.07. The highest BCUT2D eigenvalue weighted by Gasteiger charge is 2.13. The molecule has 0 N–H and O–H groups in total. The van der Waals surface area contributed by atoms with Gasteiger partial charge in [0, 0.05) is 8.95 Å². The summed E-state index contributed by atoms with van der Waals surface area (Å²) >= 11 is 6.65. The Balaban J connectivity index is 2.18. The van der Waals surface area contributed by atoms with Gasteiger partial charge in [-0.05, 0) is 58.4 Å². The molecule has 0 fully saturated rings. The summed E-state index contributed by atoms with van der Waals surface area (Å²) in [6.45, 7) is 0. The van der Waals surface area contributed by atoms with Gasteiger partial charge in [-0.15, -0.1) is 0 Å². The third kappa shape index (κ3) is 3.58. The fourth-order valence-electron chi connectivity index (χ4n) is 1.46. The van der Waals surface area contributed by atoms with Gasteiger partial charge in [0.15, 0.2) is 0 Å². The van der Waals surface area contributed by atoms with Crippen molar-refractivity contribution in [3.8, 4) is 11.5 Å². The molecule has 0 aliphatic heterocycles. The Morgan fingerprint density at radius 1 is 1.00 bits per heavy atom. The largest absolute Gasteiger partial charge is 0.497 e. The molecular formula is C14H10Br2O3. The number of hydrogen-bond acceptors (Lipinski definition) is 3. The predicted octanol–water partition coefficient (Wildman–Crippen LogP) is 4.44.